The second-order valence-corrected chi connectivity index (χ2v) is 4.26. The van der Waals surface area contributed by atoms with E-state index >= 15 is 0 Å². The van der Waals surface area contributed by atoms with Gasteiger partial charge in [0.15, 0.2) is 11.6 Å². The van der Waals surface area contributed by atoms with E-state index in [0.717, 1.165) is 12.8 Å². The number of Topliss-reactive ketones (excluding diaryl/α,β-unsaturated/α-hetero) is 2. The van der Waals surface area contributed by atoms with Gasteiger partial charge in [0.2, 0.25) is 0 Å². The lowest BCUT2D eigenvalue weighted by atomic mass is 9.64. The number of hydrogen-bond donors (Lipinski definition) is 2. The lowest BCUT2D eigenvalue weighted by Gasteiger charge is -2.46. The lowest BCUT2D eigenvalue weighted by Crippen LogP contribution is -2.73. The summed E-state index contributed by atoms with van der Waals surface area (Å²) in [7, 11) is 0. The molecule has 2 unspecified atom stereocenters. The van der Waals surface area contributed by atoms with Crippen molar-refractivity contribution in [2.24, 2.45) is 11.5 Å². The van der Waals surface area contributed by atoms with Crippen molar-refractivity contribution in [1.82, 2.24) is 0 Å². The highest BCUT2D eigenvalue weighted by atomic mass is 16.1. The van der Waals surface area contributed by atoms with Crippen LogP contribution in [0, 0.1) is 0 Å². The second kappa shape index (κ2) is 3.44. The number of nitrogens with two attached hydrogens (primary N) is 2. The molecule has 4 heteroatoms. The number of carbonyl (C=O) groups is 2. The Morgan fingerprint density at radius 2 is 1.21 bits per heavy atom. The Bertz CT molecular complexity index is 249. The monoisotopic (exact) mass is 198 g/mol. The Balaban J connectivity index is 3.12. The molecule has 0 aromatic rings. The molecule has 2 atom stereocenters. The van der Waals surface area contributed by atoms with Gasteiger partial charge in [0.1, 0.15) is 0 Å². The molecule has 0 aromatic carbocycles. The molecular weight excluding hydrogens is 180 g/mol. The van der Waals surface area contributed by atoms with Crippen LogP contribution in [-0.4, -0.2) is 22.6 Å². The summed E-state index contributed by atoms with van der Waals surface area (Å²) < 4.78 is 0. The summed E-state index contributed by atoms with van der Waals surface area (Å²) in [4.78, 5) is 23.0. The van der Waals surface area contributed by atoms with Gasteiger partial charge in [-0.15, -0.1) is 0 Å². The van der Waals surface area contributed by atoms with Crippen LogP contribution < -0.4 is 11.5 Å². The largest absolute Gasteiger partial charge is 0.317 e. The fourth-order valence-electron chi connectivity index (χ4n) is 2.23. The molecule has 1 saturated carbocycles. The van der Waals surface area contributed by atoms with Crippen molar-refractivity contribution in [2.75, 3.05) is 0 Å². The standard InChI is InChI=1S/C10H18N2O2/c1-7(13)9(11)5-3-4-6-10(9,12)8(2)14/h3-6,11-12H2,1-2H3. The van der Waals surface area contributed by atoms with Gasteiger partial charge in [-0.1, -0.05) is 12.8 Å². The molecule has 0 bridgehead atoms. The Morgan fingerprint density at radius 1 is 0.929 bits per heavy atom. The molecule has 4 nitrogen and oxygen atoms in total. The third kappa shape index (κ3) is 1.38. The maximum absolute atomic E-state index is 11.5. The maximum atomic E-state index is 11.5. The van der Waals surface area contributed by atoms with Crippen LogP contribution in [0.5, 0.6) is 0 Å². The fourth-order valence-corrected chi connectivity index (χ4v) is 2.23. The van der Waals surface area contributed by atoms with Crippen LogP contribution in [0.15, 0.2) is 0 Å². The molecule has 0 amide bonds. The van der Waals surface area contributed by atoms with Gasteiger partial charge >= 0.3 is 0 Å². The van der Waals surface area contributed by atoms with Gasteiger partial charge in [-0.3, -0.25) is 9.59 Å². The molecule has 80 valence electrons. The number of carbonyl (C=O) groups excluding carboxylic acids is 2. The van der Waals surface area contributed by atoms with Gasteiger partial charge in [0.05, 0.1) is 11.1 Å². The minimum Gasteiger partial charge on any atom is -0.317 e. The lowest BCUT2D eigenvalue weighted by molar-refractivity contribution is -0.135. The topological polar surface area (TPSA) is 86.2 Å². The van der Waals surface area contributed by atoms with E-state index < -0.39 is 11.1 Å². The molecule has 0 aliphatic heterocycles. The predicted molar refractivity (Wildman–Crippen MR) is 53.7 cm³/mol. The maximum Gasteiger partial charge on any atom is 0.151 e. The van der Waals surface area contributed by atoms with E-state index in [2.05, 4.69) is 0 Å². The van der Waals surface area contributed by atoms with Gasteiger partial charge in [0.25, 0.3) is 0 Å². The van der Waals surface area contributed by atoms with Gasteiger partial charge < -0.3 is 11.5 Å². The van der Waals surface area contributed by atoms with E-state index in [1.54, 1.807) is 0 Å². The minimum atomic E-state index is -1.16. The van der Waals surface area contributed by atoms with Crippen molar-refractivity contribution < 1.29 is 9.59 Å². The van der Waals surface area contributed by atoms with E-state index in [9.17, 15) is 9.59 Å². The molecule has 1 fully saturated rings. The summed E-state index contributed by atoms with van der Waals surface area (Å²) in [5.74, 6) is -0.371. The average molecular weight is 198 g/mol. The summed E-state index contributed by atoms with van der Waals surface area (Å²) in [6.07, 6.45) is 2.75. The van der Waals surface area contributed by atoms with Crippen molar-refractivity contribution in [1.29, 1.82) is 0 Å². The summed E-state index contributed by atoms with van der Waals surface area (Å²) >= 11 is 0. The molecule has 0 aromatic heterocycles. The average Bonchev–Trinajstić information content (AvgIpc) is 2.09. The summed E-state index contributed by atoms with van der Waals surface area (Å²) in [5.41, 5.74) is 9.66. The number of ketones is 2. The van der Waals surface area contributed by atoms with Gasteiger partial charge in [-0.05, 0) is 26.7 Å². The Labute approximate surface area is 84.0 Å². The first-order chi connectivity index (χ1) is 6.34. The SMILES string of the molecule is CC(=O)C1(N)CCCCC1(N)C(C)=O. The molecule has 1 aliphatic carbocycles. The van der Waals surface area contributed by atoms with Crippen LogP contribution in [0.25, 0.3) is 0 Å². The van der Waals surface area contributed by atoms with Crippen LogP contribution in [0.4, 0.5) is 0 Å². The van der Waals surface area contributed by atoms with E-state index in [0.29, 0.717) is 12.8 Å². The smallest absolute Gasteiger partial charge is 0.151 e. The number of rotatable bonds is 2. The van der Waals surface area contributed by atoms with Gasteiger partial charge in [-0.2, -0.15) is 0 Å². The molecule has 0 radical (unpaired) electrons. The minimum absolute atomic E-state index is 0.185. The van der Waals surface area contributed by atoms with Crippen molar-refractivity contribution in [3.05, 3.63) is 0 Å². The van der Waals surface area contributed by atoms with Gasteiger partial charge in [-0.25, -0.2) is 0 Å². The van der Waals surface area contributed by atoms with Crippen LogP contribution in [0.3, 0.4) is 0 Å². The van der Waals surface area contributed by atoms with Gasteiger partial charge in [0, 0.05) is 0 Å². The third-order valence-corrected chi connectivity index (χ3v) is 3.44. The van der Waals surface area contributed by atoms with Crippen LogP contribution >= 0.6 is 0 Å². The zero-order valence-electron chi connectivity index (χ0n) is 8.80. The zero-order valence-corrected chi connectivity index (χ0v) is 8.80. The molecule has 4 N–H and O–H groups in total. The Morgan fingerprint density at radius 3 is 1.43 bits per heavy atom. The highest BCUT2D eigenvalue weighted by Crippen LogP contribution is 2.35. The zero-order chi connectivity index (χ0) is 11.0. The molecule has 0 spiro atoms. The normalized spacial score (nSPS) is 38.0. The van der Waals surface area contributed by atoms with E-state index in [1.807, 2.05) is 0 Å². The first-order valence-electron chi connectivity index (χ1n) is 4.94. The van der Waals surface area contributed by atoms with Crippen LogP contribution in [-0.2, 0) is 9.59 Å². The van der Waals surface area contributed by atoms with Crippen LogP contribution in [0.1, 0.15) is 39.5 Å². The highest BCUT2D eigenvalue weighted by molar-refractivity contribution is 5.99. The molecular formula is C10H18N2O2. The van der Waals surface area contributed by atoms with E-state index in [4.69, 9.17) is 11.5 Å². The van der Waals surface area contributed by atoms with E-state index in [1.165, 1.54) is 13.8 Å². The summed E-state index contributed by atoms with van der Waals surface area (Å²) in [6.45, 7) is 2.83. The first-order valence-corrected chi connectivity index (χ1v) is 4.94. The predicted octanol–water partition coefficient (Wildman–Crippen LogP) is 0.133. The Hall–Kier alpha value is -0.740. The quantitative estimate of drug-likeness (QED) is 0.660. The van der Waals surface area contributed by atoms with Crippen molar-refractivity contribution in [3.63, 3.8) is 0 Å². The first kappa shape index (κ1) is 11.3. The second-order valence-electron chi connectivity index (χ2n) is 4.26. The molecule has 1 aliphatic rings. The van der Waals surface area contributed by atoms with Crippen molar-refractivity contribution in [3.8, 4) is 0 Å². The molecule has 0 heterocycles. The third-order valence-electron chi connectivity index (χ3n) is 3.44. The molecule has 1 rings (SSSR count). The molecule has 0 saturated heterocycles. The Kier molecular flexibility index (Phi) is 2.78. The fraction of sp³-hybridized carbons (Fsp3) is 0.800. The number of hydrogen-bond acceptors (Lipinski definition) is 4. The summed E-state index contributed by atoms with van der Waals surface area (Å²) in [6, 6.07) is 0. The van der Waals surface area contributed by atoms with Crippen molar-refractivity contribution >= 4 is 11.6 Å². The molecule has 14 heavy (non-hydrogen) atoms. The summed E-state index contributed by atoms with van der Waals surface area (Å²) in [5, 5.41) is 0. The van der Waals surface area contributed by atoms with E-state index in [-0.39, 0.29) is 11.6 Å². The highest BCUT2D eigenvalue weighted by Gasteiger charge is 2.53. The van der Waals surface area contributed by atoms with Crippen molar-refractivity contribution in [2.45, 2.75) is 50.6 Å². The van der Waals surface area contributed by atoms with Crippen LogP contribution in [0.2, 0.25) is 0 Å².